The Morgan fingerprint density at radius 3 is 2.57 bits per heavy atom. The molecule has 2 aromatic carbocycles. The topological polar surface area (TPSA) is 44.8 Å². The standard InChI is InChI=1S/C19H12O4/c20-19-16-6-11-3-1-2-4-14(11)15-8-18-17(22-10-23-18)7-12(15)5-13(16)9-21-19/h1-8H,9-10H2/b11-6?,12-5?,13-5-,15-14?,16-6+. The van der Waals surface area contributed by atoms with Crippen LogP contribution in [0.4, 0.5) is 0 Å². The monoisotopic (exact) mass is 304 g/mol. The first-order chi connectivity index (χ1) is 11.3. The highest BCUT2D eigenvalue weighted by molar-refractivity contribution is 6.05. The number of rotatable bonds is 0. The molecule has 4 heteroatoms. The molecule has 0 unspecified atom stereocenters. The number of hydrogen-bond donors (Lipinski definition) is 0. The van der Waals surface area contributed by atoms with Gasteiger partial charge in [0.05, 0.1) is 5.57 Å². The van der Waals surface area contributed by atoms with Crippen LogP contribution in [0.25, 0.3) is 23.3 Å². The van der Waals surface area contributed by atoms with E-state index in [1.165, 1.54) is 0 Å². The highest BCUT2D eigenvalue weighted by Crippen LogP contribution is 2.43. The molecule has 0 atom stereocenters. The van der Waals surface area contributed by atoms with E-state index >= 15 is 0 Å². The summed E-state index contributed by atoms with van der Waals surface area (Å²) in [5, 5.41) is 0. The third-order valence-corrected chi connectivity index (χ3v) is 4.35. The smallest absolute Gasteiger partial charge is 0.338 e. The summed E-state index contributed by atoms with van der Waals surface area (Å²) >= 11 is 0. The van der Waals surface area contributed by atoms with Crippen molar-refractivity contribution in [3.63, 3.8) is 0 Å². The number of ether oxygens (including phenoxy) is 3. The van der Waals surface area contributed by atoms with Crippen LogP contribution in [-0.2, 0) is 9.53 Å². The number of carbonyl (C=O) groups excluding carboxylic acids is 1. The zero-order chi connectivity index (χ0) is 15.4. The predicted molar refractivity (Wildman–Crippen MR) is 84.9 cm³/mol. The van der Waals surface area contributed by atoms with E-state index in [-0.39, 0.29) is 12.8 Å². The van der Waals surface area contributed by atoms with Crippen molar-refractivity contribution < 1.29 is 19.0 Å². The molecule has 2 aliphatic heterocycles. The molecule has 4 nitrogen and oxygen atoms in total. The maximum Gasteiger partial charge on any atom is 0.338 e. The van der Waals surface area contributed by atoms with E-state index in [2.05, 4.69) is 0 Å². The van der Waals surface area contributed by atoms with Crippen LogP contribution in [0.2, 0.25) is 0 Å². The lowest BCUT2D eigenvalue weighted by Gasteiger charge is -2.14. The molecule has 0 N–H and O–H groups in total. The van der Waals surface area contributed by atoms with Gasteiger partial charge in [0.25, 0.3) is 0 Å². The Hall–Kier alpha value is -3.01. The van der Waals surface area contributed by atoms with Crippen LogP contribution in [0.3, 0.4) is 0 Å². The lowest BCUT2D eigenvalue weighted by Crippen LogP contribution is -1.98. The van der Waals surface area contributed by atoms with E-state index in [9.17, 15) is 4.79 Å². The Bertz CT molecular complexity index is 921. The first-order valence-electron chi connectivity index (χ1n) is 7.42. The summed E-state index contributed by atoms with van der Waals surface area (Å²) in [6.45, 7) is 0.544. The van der Waals surface area contributed by atoms with E-state index in [1.807, 2.05) is 48.6 Å². The normalized spacial score (nSPS) is 21.7. The molecule has 1 saturated heterocycles. The first-order valence-corrected chi connectivity index (χ1v) is 7.42. The number of benzene rings is 2. The van der Waals surface area contributed by atoms with Gasteiger partial charge in [-0.25, -0.2) is 4.79 Å². The molecule has 112 valence electrons. The lowest BCUT2D eigenvalue weighted by atomic mass is 9.89. The summed E-state index contributed by atoms with van der Waals surface area (Å²) in [7, 11) is 0. The third-order valence-electron chi connectivity index (χ3n) is 4.35. The van der Waals surface area contributed by atoms with Gasteiger partial charge in [0.15, 0.2) is 11.5 Å². The Labute approximate surface area is 132 Å². The molecule has 1 aliphatic carbocycles. The molecule has 0 spiro atoms. The zero-order valence-electron chi connectivity index (χ0n) is 12.2. The van der Waals surface area contributed by atoms with Gasteiger partial charge in [0, 0.05) is 5.57 Å². The highest BCUT2D eigenvalue weighted by Gasteiger charge is 2.28. The maximum absolute atomic E-state index is 12.0. The fourth-order valence-electron chi connectivity index (χ4n) is 3.22. The Morgan fingerprint density at radius 2 is 1.65 bits per heavy atom. The average Bonchev–Trinajstić information content (AvgIpc) is 3.14. The molecule has 1 fully saturated rings. The van der Waals surface area contributed by atoms with Crippen LogP contribution in [0, 0.1) is 0 Å². The maximum atomic E-state index is 12.0. The minimum atomic E-state index is -0.268. The first kappa shape index (κ1) is 12.5. The number of esters is 1. The second-order valence-electron chi connectivity index (χ2n) is 5.68. The molecule has 2 aromatic rings. The molecule has 0 bridgehead atoms. The second-order valence-corrected chi connectivity index (χ2v) is 5.68. The van der Waals surface area contributed by atoms with E-state index in [4.69, 9.17) is 14.2 Å². The number of fused-ring (bicyclic) bond motifs is 5. The van der Waals surface area contributed by atoms with Gasteiger partial charge in [-0.05, 0) is 46.5 Å². The van der Waals surface area contributed by atoms with Crippen molar-refractivity contribution in [3.8, 4) is 22.6 Å². The Balaban J connectivity index is 1.85. The van der Waals surface area contributed by atoms with Crippen LogP contribution in [0.5, 0.6) is 11.5 Å². The van der Waals surface area contributed by atoms with Crippen molar-refractivity contribution >= 4 is 18.1 Å². The van der Waals surface area contributed by atoms with Gasteiger partial charge in [-0.2, -0.15) is 0 Å². The van der Waals surface area contributed by atoms with Gasteiger partial charge >= 0.3 is 5.97 Å². The molecule has 2 heterocycles. The predicted octanol–water partition coefficient (Wildman–Crippen LogP) is 3.42. The van der Waals surface area contributed by atoms with Gasteiger partial charge in [-0.15, -0.1) is 0 Å². The SMILES string of the molecule is O=C1OC/C2=C/c3cc4c(cc3-c3ccccc3/C=C/12)OCO4. The molecule has 0 amide bonds. The molecule has 3 aliphatic rings. The number of carbonyl (C=O) groups is 1. The van der Waals surface area contributed by atoms with E-state index < -0.39 is 0 Å². The van der Waals surface area contributed by atoms with Crippen molar-refractivity contribution in [2.75, 3.05) is 13.4 Å². The lowest BCUT2D eigenvalue weighted by molar-refractivity contribution is -0.134. The minimum Gasteiger partial charge on any atom is -0.457 e. The van der Waals surface area contributed by atoms with Crippen molar-refractivity contribution in [2.24, 2.45) is 0 Å². The Morgan fingerprint density at radius 1 is 0.826 bits per heavy atom. The Kier molecular flexibility index (Phi) is 2.45. The quantitative estimate of drug-likeness (QED) is 0.700. The van der Waals surface area contributed by atoms with Crippen molar-refractivity contribution in [1.82, 2.24) is 0 Å². The summed E-state index contributed by atoms with van der Waals surface area (Å²) in [6.07, 6.45) is 3.91. The van der Waals surface area contributed by atoms with Gasteiger partial charge in [0.1, 0.15) is 6.61 Å². The minimum absolute atomic E-state index is 0.238. The van der Waals surface area contributed by atoms with Crippen LogP contribution in [0.15, 0.2) is 47.5 Å². The van der Waals surface area contributed by atoms with Gasteiger partial charge in [-0.3, -0.25) is 0 Å². The highest BCUT2D eigenvalue weighted by atomic mass is 16.7. The summed E-state index contributed by atoms with van der Waals surface area (Å²) in [5.41, 5.74) is 5.63. The molecule has 5 rings (SSSR count). The average molecular weight is 304 g/mol. The van der Waals surface area contributed by atoms with Gasteiger partial charge in [0.2, 0.25) is 6.79 Å². The van der Waals surface area contributed by atoms with E-state index in [0.717, 1.165) is 39.3 Å². The molecule has 0 saturated carbocycles. The molecular weight excluding hydrogens is 292 g/mol. The summed E-state index contributed by atoms with van der Waals surface area (Å²) in [6, 6.07) is 12.0. The van der Waals surface area contributed by atoms with Gasteiger partial charge in [-0.1, -0.05) is 24.3 Å². The van der Waals surface area contributed by atoms with Crippen LogP contribution >= 0.6 is 0 Å². The summed E-state index contributed by atoms with van der Waals surface area (Å²) in [5.74, 6) is 1.21. The largest absolute Gasteiger partial charge is 0.457 e. The summed E-state index contributed by atoms with van der Waals surface area (Å²) < 4.78 is 16.2. The number of hydrogen-bond acceptors (Lipinski definition) is 4. The molecular formula is C19H12O4. The molecule has 0 aromatic heterocycles. The number of cyclic esters (lactones) is 1. The third kappa shape index (κ3) is 1.81. The van der Waals surface area contributed by atoms with Gasteiger partial charge < -0.3 is 14.2 Å². The zero-order valence-corrected chi connectivity index (χ0v) is 12.2. The van der Waals surface area contributed by atoms with Crippen LogP contribution < -0.4 is 9.47 Å². The van der Waals surface area contributed by atoms with E-state index in [1.54, 1.807) is 0 Å². The van der Waals surface area contributed by atoms with Crippen molar-refractivity contribution in [2.45, 2.75) is 0 Å². The van der Waals surface area contributed by atoms with Crippen LogP contribution in [-0.4, -0.2) is 19.4 Å². The van der Waals surface area contributed by atoms with Crippen LogP contribution in [0.1, 0.15) is 11.1 Å². The second kappa shape index (κ2) is 4.49. The fourth-order valence-corrected chi connectivity index (χ4v) is 3.22. The van der Waals surface area contributed by atoms with E-state index in [0.29, 0.717) is 12.2 Å². The fraction of sp³-hybridized carbons (Fsp3) is 0.105. The molecule has 0 radical (unpaired) electrons. The molecule has 23 heavy (non-hydrogen) atoms. The summed E-state index contributed by atoms with van der Waals surface area (Å²) in [4.78, 5) is 12.0. The van der Waals surface area contributed by atoms with Crippen molar-refractivity contribution in [1.29, 1.82) is 0 Å². The van der Waals surface area contributed by atoms with Crippen molar-refractivity contribution in [3.05, 3.63) is 58.7 Å².